The van der Waals surface area contributed by atoms with E-state index in [0.29, 0.717) is 14.4 Å². The smallest absolute Gasteiger partial charge is 0.207 e. The van der Waals surface area contributed by atoms with E-state index in [1.54, 1.807) is 0 Å². The first kappa shape index (κ1) is 9.80. The maximum absolute atomic E-state index is 12.9. The van der Waals surface area contributed by atoms with E-state index < -0.39 is 12.2 Å². The molecule has 1 aromatic heterocycles. The van der Waals surface area contributed by atoms with Crippen LogP contribution in [0.1, 0.15) is 12.0 Å². The van der Waals surface area contributed by atoms with Crippen molar-refractivity contribution in [1.82, 2.24) is 0 Å². The van der Waals surface area contributed by atoms with Gasteiger partial charge < -0.3 is 0 Å². The Kier molecular flexibility index (Phi) is 2.41. The fourth-order valence-electron chi connectivity index (χ4n) is 1.27. The van der Waals surface area contributed by atoms with Gasteiger partial charge in [0.2, 0.25) is 0 Å². The Labute approximate surface area is 86.9 Å². The molecule has 0 saturated carbocycles. The maximum Gasteiger partial charge on any atom is 0.265 e. The minimum absolute atomic E-state index is 0.295. The quantitative estimate of drug-likeness (QED) is 0.677. The third-order valence-electron chi connectivity index (χ3n) is 1.81. The molecule has 14 heavy (non-hydrogen) atoms. The molecule has 74 valence electrons. The average molecular weight is 237 g/mol. The van der Waals surface area contributed by atoms with Gasteiger partial charge in [-0.3, -0.25) is 0 Å². The molecular weight excluding hydrogens is 233 g/mol. The molecule has 0 unspecified atom stereocenters. The summed E-state index contributed by atoms with van der Waals surface area (Å²) in [6.45, 7) is 0. The van der Waals surface area contributed by atoms with Crippen molar-refractivity contribution in [3.05, 3.63) is 33.9 Å². The van der Waals surface area contributed by atoms with Crippen molar-refractivity contribution < 1.29 is 13.2 Å². The van der Waals surface area contributed by atoms with Crippen molar-refractivity contribution in [2.75, 3.05) is 0 Å². The lowest BCUT2D eigenvalue weighted by atomic mass is 10.1. The van der Waals surface area contributed by atoms with Crippen molar-refractivity contribution in [1.29, 1.82) is 0 Å². The van der Waals surface area contributed by atoms with Gasteiger partial charge in [-0.15, -0.1) is 11.3 Å². The standard InChI is InChI=1S/C9H4ClF3S/c10-7-2-4-1-5(11)3-6(9(12)13)8(4)14-7/h1-3,9H. The van der Waals surface area contributed by atoms with Gasteiger partial charge in [0.05, 0.1) is 4.34 Å². The van der Waals surface area contributed by atoms with Gasteiger partial charge in [0, 0.05) is 10.3 Å². The molecule has 0 aliphatic rings. The van der Waals surface area contributed by atoms with Crippen LogP contribution in [0.4, 0.5) is 13.2 Å². The van der Waals surface area contributed by atoms with Crippen LogP contribution in [-0.4, -0.2) is 0 Å². The zero-order chi connectivity index (χ0) is 10.3. The molecule has 1 aromatic carbocycles. The van der Waals surface area contributed by atoms with E-state index >= 15 is 0 Å². The predicted octanol–water partition coefficient (Wildman–Crippen LogP) is 4.63. The summed E-state index contributed by atoms with van der Waals surface area (Å²) >= 11 is 6.70. The molecule has 0 amide bonds. The Morgan fingerprint density at radius 2 is 1.93 bits per heavy atom. The van der Waals surface area contributed by atoms with Gasteiger partial charge in [-0.05, 0) is 23.6 Å². The molecule has 0 atom stereocenters. The average Bonchev–Trinajstić information content (AvgIpc) is 2.42. The molecule has 0 spiro atoms. The van der Waals surface area contributed by atoms with Crippen LogP contribution in [0, 0.1) is 5.82 Å². The monoisotopic (exact) mass is 236 g/mol. The summed E-state index contributed by atoms with van der Waals surface area (Å²) < 4.78 is 38.6. The van der Waals surface area contributed by atoms with Gasteiger partial charge in [0.15, 0.2) is 0 Å². The lowest BCUT2D eigenvalue weighted by Crippen LogP contribution is -1.86. The van der Waals surface area contributed by atoms with E-state index in [1.165, 1.54) is 12.1 Å². The highest BCUT2D eigenvalue weighted by Crippen LogP contribution is 2.36. The zero-order valence-electron chi connectivity index (χ0n) is 6.73. The third-order valence-corrected chi connectivity index (χ3v) is 3.14. The number of halogens is 4. The molecule has 0 aliphatic carbocycles. The fraction of sp³-hybridized carbons (Fsp3) is 0.111. The Balaban J connectivity index is 2.79. The van der Waals surface area contributed by atoms with Crippen molar-refractivity contribution in [2.45, 2.75) is 6.43 Å². The fourth-order valence-corrected chi connectivity index (χ4v) is 2.50. The van der Waals surface area contributed by atoms with Crippen LogP contribution in [0.5, 0.6) is 0 Å². The first-order valence-electron chi connectivity index (χ1n) is 3.74. The van der Waals surface area contributed by atoms with E-state index in [1.807, 2.05) is 0 Å². The van der Waals surface area contributed by atoms with Crippen LogP contribution in [0.25, 0.3) is 10.1 Å². The summed E-state index contributed by atoms with van der Waals surface area (Å²) in [5, 5.41) is 0.426. The molecule has 0 bridgehead atoms. The summed E-state index contributed by atoms with van der Waals surface area (Å²) in [5.41, 5.74) is -0.295. The molecule has 0 N–H and O–H groups in total. The lowest BCUT2D eigenvalue weighted by molar-refractivity contribution is 0.153. The largest absolute Gasteiger partial charge is 0.265 e. The molecule has 2 rings (SSSR count). The number of thiophene rings is 1. The third kappa shape index (κ3) is 1.60. The maximum atomic E-state index is 12.9. The highest BCUT2D eigenvalue weighted by molar-refractivity contribution is 7.22. The number of rotatable bonds is 1. The highest BCUT2D eigenvalue weighted by atomic mass is 35.5. The molecule has 0 aliphatic heterocycles. The van der Waals surface area contributed by atoms with Crippen LogP contribution in [0.3, 0.4) is 0 Å². The Hall–Kier alpha value is -0.740. The first-order valence-corrected chi connectivity index (χ1v) is 4.94. The van der Waals surface area contributed by atoms with E-state index in [4.69, 9.17) is 11.6 Å². The number of fused-ring (bicyclic) bond motifs is 1. The number of hydrogen-bond acceptors (Lipinski definition) is 1. The molecule has 1 heterocycles. The van der Waals surface area contributed by atoms with Crippen molar-refractivity contribution in [3.63, 3.8) is 0 Å². The van der Waals surface area contributed by atoms with E-state index in [0.717, 1.165) is 17.4 Å². The number of benzene rings is 1. The van der Waals surface area contributed by atoms with Crippen LogP contribution in [0.15, 0.2) is 18.2 Å². The second-order valence-electron chi connectivity index (χ2n) is 2.76. The molecule has 0 saturated heterocycles. The Morgan fingerprint density at radius 3 is 2.57 bits per heavy atom. The first-order chi connectivity index (χ1) is 6.58. The molecule has 5 heteroatoms. The van der Waals surface area contributed by atoms with Gasteiger partial charge >= 0.3 is 0 Å². The Bertz CT molecular complexity index is 478. The molecule has 2 aromatic rings. The summed E-state index contributed by atoms with van der Waals surface area (Å²) in [4.78, 5) is 0. The number of hydrogen-bond donors (Lipinski definition) is 0. The van der Waals surface area contributed by atoms with Crippen LogP contribution < -0.4 is 0 Å². The summed E-state index contributed by atoms with van der Waals surface area (Å²) in [5.74, 6) is -0.665. The number of alkyl halides is 2. The SMILES string of the molecule is Fc1cc(C(F)F)c2sc(Cl)cc2c1. The summed E-state index contributed by atoms with van der Waals surface area (Å²) in [7, 11) is 0. The Morgan fingerprint density at radius 1 is 1.21 bits per heavy atom. The predicted molar refractivity (Wildman–Crippen MR) is 51.8 cm³/mol. The lowest BCUT2D eigenvalue weighted by Gasteiger charge is -2.01. The molecule has 0 nitrogen and oxygen atoms in total. The van der Waals surface area contributed by atoms with E-state index in [9.17, 15) is 13.2 Å². The van der Waals surface area contributed by atoms with Crippen LogP contribution in [0.2, 0.25) is 4.34 Å². The van der Waals surface area contributed by atoms with Gasteiger partial charge in [-0.2, -0.15) is 0 Å². The minimum atomic E-state index is -2.68. The van der Waals surface area contributed by atoms with Crippen molar-refractivity contribution in [2.24, 2.45) is 0 Å². The van der Waals surface area contributed by atoms with E-state index in [-0.39, 0.29) is 5.56 Å². The molecule has 0 radical (unpaired) electrons. The summed E-state index contributed by atoms with van der Waals surface area (Å²) in [6, 6.07) is 3.53. The topological polar surface area (TPSA) is 0 Å². The molecule has 0 fully saturated rings. The highest BCUT2D eigenvalue weighted by Gasteiger charge is 2.15. The minimum Gasteiger partial charge on any atom is -0.207 e. The normalized spacial score (nSPS) is 11.5. The molecular formula is C9H4ClF3S. The van der Waals surface area contributed by atoms with Gasteiger partial charge in [0.25, 0.3) is 6.43 Å². The van der Waals surface area contributed by atoms with Crippen molar-refractivity contribution >= 4 is 33.0 Å². The van der Waals surface area contributed by atoms with Gasteiger partial charge in [-0.25, -0.2) is 13.2 Å². The second-order valence-corrected chi connectivity index (χ2v) is 4.45. The van der Waals surface area contributed by atoms with E-state index in [2.05, 4.69) is 0 Å². The van der Waals surface area contributed by atoms with Gasteiger partial charge in [-0.1, -0.05) is 11.6 Å². The van der Waals surface area contributed by atoms with Crippen LogP contribution in [-0.2, 0) is 0 Å². The van der Waals surface area contributed by atoms with Crippen LogP contribution >= 0.6 is 22.9 Å². The second kappa shape index (κ2) is 3.44. The zero-order valence-corrected chi connectivity index (χ0v) is 8.30. The van der Waals surface area contributed by atoms with Gasteiger partial charge in [0.1, 0.15) is 5.82 Å². The van der Waals surface area contributed by atoms with Crippen molar-refractivity contribution in [3.8, 4) is 0 Å². The summed E-state index contributed by atoms with van der Waals surface area (Å²) in [6.07, 6.45) is -2.68.